The third kappa shape index (κ3) is 5.94. The highest BCUT2D eigenvalue weighted by Crippen LogP contribution is 2.38. The van der Waals surface area contributed by atoms with E-state index in [2.05, 4.69) is 33.2 Å². The van der Waals surface area contributed by atoms with Gasteiger partial charge in [-0.05, 0) is 84.3 Å². The van der Waals surface area contributed by atoms with E-state index >= 15 is 0 Å². The molecule has 3 aromatic rings. The lowest BCUT2D eigenvalue weighted by atomic mass is 10.1. The van der Waals surface area contributed by atoms with Gasteiger partial charge in [-0.25, -0.2) is 4.99 Å². The van der Waals surface area contributed by atoms with E-state index in [9.17, 15) is 4.79 Å². The fourth-order valence-corrected chi connectivity index (χ4v) is 5.05. The van der Waals surface area contributed by atoms with Crippen molar-refractivity contribution in [2.75, 3.05) is 13.4 Å². The number of carbonyl (C=O) groups is 1. The number of nitrogens with zero attached hydrogens (tertiary/aromatic N) is 1. The van der Waals surface area contributed by atoms with Crippen molar-refractivity contribution in [3.05, 3.63) is 80.7 Å². The van der Waals surface area contributed by atoms with Gasteiger partial charge in [-0.15, -0.1) is 0 Å². The number of hydrogen-bond donors (Lipinski definition) is 1. The molecule has 0 aliphatic carbocycles. The Morgan fingerprint density at radius 1 is 1.00 bits per heavy atom. The smallest absolute Gasteiger partial charge is 0.264 e. The molecule has 190 valence electrons. The van der Waals surface area contributed by atoms with Crippen molar-refractivity contribution in [2.24, 2.45) is 4.99 Å². The molecule has 1 amide bonds. The number of fused-ring (bicyclic) bond motifs is 1. The molecule has 1 fully saturated rings. The standard InChI is InChI=1S/C28H25BrN2O5S/c1-3-17-5-8-20(9-6-17)30-28-31-27(32)26(37-28)13-19-12-24(33-4-2)25(14-21(19)29)34-15-18-7-10-22-23(11-18)36-16-35-22/h5-14H,3-4,15-16H2,1-2H3,(H,30,31,32)/b26-13-. The number of amides is 1. The molecule has 5 rings (SSSR count). The molecule has 0 bridgehead atoms. The monoisotopic (exact) mass is 580 g/mol. The van der Waals surface area contributed by atoms with E-state index < -0.39 is 0 Å². The van der Waals surface area contributed by atoms with Crippen LogP contribution in [0.1, 0.15) is 30.5 Å². The second-order valence-electron chi connectivity index (χ2n) is 8.23. The van der Waals surface area contributed by atoms with Crippen LogP contribution in [-0.4, -0.2) is 24.5 Å². The van der Waals surface area contributed by atoms with Gasteiger partial charge in [-0.2, -0.15) is 0 Å². The lowest BCUT2D eigenvalue weighted by molar-refractivity contribution is -0.115. The van der Waals surface area contributed by atoms with Crippen LogP contribution in [0.2, 0.25) is 0 Å². The van der Waals surface area contributed by atoms with Gasteiger partial charge in [0.1, 0.15) is 6.61 Å². The third-order valence-electron chi connectivity index (χ3n) is 5.71. The molecule has 0 aromatic heterocycles. The Kier molecular flexibility index (Phi) is 7.71. The molecule has 1 saturated heterocycles. The summed E-state index contributed by atoms with van der Waals surface area (Å²) in [5.41, 5.74) is 3.78. The normalized spacial score (nSPS) is 16.4. The van der Waals surface area contributed by atoms with Gasteiger partial charge in [0.2, 0.25) is 6.79 Å². The molecule has 0 radical (unpaired) electrons. The number of rotatable bonds is 8. The van der Waals surface area contributed by atoms with Crippen molar-refractivity contribution < 1.29 is 23.7 Å². The molecule has 3 aromatic carbocycles. The Hall–Kier alpha value is -3.43. The molecule has 1 N–H and O–H groups in total. The Balaban J connectivity index is 1.33. The largest absolute Gasteiger partial charge is 0.490 e. The Bertz CT molecular complexity index is 1390. The number of aliphatic imine (C=N–C) groups is 1. The first-order valence-corrected chi connectivity index (χ1v) is 13.5. The van der Waals surface area contributed by atoms with Crippen molar-refractivity contribution in [2.45, 2.75) is 26.9 Å². The van der Waals surface area contributed by atoms with Crippen LogP contribution in [0.4, 0.5) is 5.69 Å². The topological polar surface area (TPSA) is 78.4 Å². The summed E-state index contributed by atoms with van der Waals surface area (Å²) >= 11 is 4.92. The van der Waals surface area contributed by atoms with Crippen molar-refractivity contribution >= 4 is 50.5 Å². The number of ether oxygens (including phenoxy) is 4. The van der Waals surface area contributed by atoms with E-state index in [0.717, 1.165) is 33.5 Å². The van der Waals surface area contributed by atoms with E-state index in [1.54, 1.807) is 0 Å². The van der Waals surface area contributed by atoms with Crippen LogP contribution in [-0.2, 0) is 17.8 Å². The number of halogens is 1. The van der Waals surface area contributed by atoms with Crippen molar-refractivity contribution in [3.63, 3.8) is 0 Å². The lowest BCUT2D eigenvalue weighted by Gasteiger charge is -2.14. The average molecular weight is 581 g/mol. The van der Waals surface area contributed by atoms with Crippen LogP contribution in [0.25, 0.3) is 6.08 Å². The molecule has 37 heavy (non-hydrogen) atoms. The van der Waals surface area contributed by atoms with Crippen LogP contribution >= 0.6 is 27.7 Å². The molecular weight excluding hydrogens is 556 g/mol. The Labute approximate surface area is 228 Å². The maximum Gasteiger partial charge on any atom is 0.264 e. The summed E-state index contributed by atoms with van der Waals surface area (Å²) in [7, 11) is 0. The van der Waals surface area contributed by atoms with Gasteiger partial charge in [0, 0.05) is 4.47 Å². The second-order valence-corrected chi connectivity index (χ2v) is 10.1. The molecule has 0 saturated carbocycles. The molecule has 2 aliphatic rings. The molecule has 7 nitrogen and oxygen atoms in total. The maximum absolute atomic E-state index is 12.6. The highest BCUT2D eigenvalue weighted by molar-refractivity contribution is 9.10. The lowest BCUT2D eigenvalue weighted by Crippen LogP contribution is -2.19. The first-order valence-electron chi connectivity index (χ1n) is 11.9. The van der Waals surface area contributed by atoms with Gasteiger partial charge < -0.3 is 24.3 Å². The summed E-state index contributed by atoms with van der Waals surface area (Å²) < 4.78 is 23.5. The number of amidine groups is 1. The number of hydrogen-bond acceptors (Lipinski definition) is 7. The van der Waals surface area contributed by atoms with Gasteiger partial charge in [0.25, 0.3) is 5.91 Å². The summed E-state index contributed by atoms with van der Waals surface area (Å²) in [6.45, 7) is 5.06. The van der Waals surface area contributed by atoms with E-state index in [0.29, 0.717) is 40.5 Å². The SMILES string of the molecule is CCOc1cc(/C=C2\SC(=Nc3ccc(CC)cc3)NC2=O)c(Br)cc1OCc1ccc2c(c1)OCO2. The van der Waals surface area contributed by atoms with Gasteiger partial charge >= 0.3 is 0 Å². The zero-order valence-electron chi connectivity index (χ0n) is 20.4. The van der Waals surface area contributed by atoms with Gasteiger partial charge in [0.05, 0.1) is 17.2 Å². The van der Waals surface area contributed by atoms with E-state index in [1.165, 1.54) is 17.3 Å². The number of aryl methyl sites for hydroxylation is 1. The molecular formula is C28H25BrN2O5S. The minimum absolute atomic E-state index is 0.193. The van der Waals surface area contributed by atoms with Crippen LogP contribution in [0.5, 0.6) is 23.0 Å². The van der Waals surface area contributed by atoms with Gasteiger partial charge in [-0.3, -0.25) is 4.79 Å². The van der Waals surface area contributed by atoms with Crippen molar-refractivity contribution in [3.8, 4) is 23.0 Å². The fraction of sp³-hybridized carbons (Fsp3) is 0.214. The van der Waals surface area contributed by atoms with E-state index in [4.69, 9.17) is 18.9 Å². The first-order chi connectivity index (χ1) is 18.0. The van der Waals surface area contributed by atoms with Gasteiger partial charge in [0.15, 0.2) is 28.2 Å². The summed E-state index contributed by atoms with van der Waals surface area (Å²) in [4.78, 5) is 17.7. The predicted octanol–water partition coefficient (Wildman–Crippen LogP) is 6.61. The molecule has 0 spiro atoms. The molecule has 0 atom stereocenters. The zero-order valence-corrected chi connectivity index (χ0v) is 22.8. The highest BCUT2D eigenvalue weighted by Gasteiger charge is 2.24. The summed E-state index contributed by atoms with van der Waals surface area (Å²) in [5.74, 6) is 2.43. The zero-order chi connectivity index (χ0) is 25.8. The van der Waals surface area contributed by atoms with Crippen LogP contribution in [0.15, 0.2) is 69.0 Å². The minimum Gasteiger partial charge on any atom is -0.490 e. The number of benzene rings is 3. The first kappa shape index (κ1) is 25.2. The van der Waals surface area contributed by atoms with Crippen LogP contribution in [0, 0.1) is 0 Å². The fourth-order valence-electron chi connectivity index (χ4n) is 3.78. The van der Waals surface area contributed by atoms with Crippen LogP contribution < -0.4 is 24.3 Å². The summed E-state index contributed by atoms with van der Waals surface area (Å²) in [5, 5.41) is 3.39. The molecule has 9 heteroatoms. The van der Waals surface area contributed by atoms with E-state index in [1.807, 2.05) is 67.6 Å². The summed E-state index contributed by atoms with van der Waals surface area (Å²) in [6.07, 6.45) is 2.78. The minimum atomic E-state index is -0.193. The number of nitrogens with one attached hydrogen (secondary N) is 1. The summed E-state index contributed by atoms with van der Waals surface area (Å²) in [6, 6.07) is 17.4. The average Bonchev–Trinajstić information content (AvgIpc) is 3.51. The van der Waals surface area contributed by atoms with Crippen LogP contribution in [0.3, 0.4) is 0 Å². The highest BCUT2D eigenvalue weighted by atomic mass is 79.9. The second kappa shape index (κ2) is 11.3. The Morgan fingerprint density at radius 3 is 2.54 bits per heavy atom. The number of thioether (sulfide) groups is 1. The quantitative estimate of drug-likeness (QED) is 0.302. The third-order valence-corrected chi connectivity index (χ3v) is 7.30. The maximum atomic E-state index is 12.6. The molecule has 2 aliphatic heterocycles. The molecule has 2 heterocycles. The van der Waals surface area contributed by atoms with Crippen molar-refractivity contribution in [1.82, 2.24) is 5.32 Å². The number of carbonyl (C=O) groups excluding carboxylic acids is 1. The Morgan fingerprint density at radius 2 is 1.76 bits per heavy atom. The van der Waals surface area contributed by atoms with E-state index in [-0.39, 0.29) is 12.7 Å². The molecule has 0 unspecified atom stereocenters. The van der Waals surface area contributed by atoms with Gasteiger partial charge in [-0.1, -0.05) is 41.1 Å². The van der Waals surface area contributed by atoms with Crippen molar-refractivity contribution in [1.29, 1.82) is 0 Å². The predicted molar refractivity (Wildman–Crippen MR) is 149 cm³/mol.